The lowest BCUT2D eigenvalue weighted by Gasteiger charge is -2.33. The van der Waals surface area contributed by atoms with Gasteiger partial charge in [-0.1, -0.05) is 12.1 Å². The molecule has 4 heterocycles. The molecule has 2 fully saturated rings. The van der Waals surface area contributed by atoms with Crippen molar-refractivity contribution in [1.29, 1.82) is 0 Å². The first-order chi connectivity index (χ1) is 20.5. The van der Waals surface area contributed by atoms with Gasteiger partial charge in [0.1, 0.15) is 12.2 Å². The van der Waals surface area contributed by atoms with Crippen LogP contribution in [0.5, 0.6) is 0 Å². The third-order valence-corrected chi connectivity index (χ3v) is 7.10. The molecule has 2 aliphatic rings. The number of anilines is 3. The summed E-state index contributed by atoms with van der Waals surface area (Å²) in [4.78, 5) is 33.3. The van der Waals surface area contributed by atoms with Crippen LogP contribution in [0.2, 0.25) is 0 Å². The van der Waals surface area contributed by atoms with E-state index < -0.39 is 10.8 Å². The number of hydrazone groups is 1. The van der Waals surface area contributed by atoms with E-state index in [1.807, 2.05) is 29.2 Å². The molecule has 4 aromatic rings. The maximum absolute atomic E-state index is 13.1. The fourth-order valence-corrected chi connectivity index (χ4v) is 5.09. The number of carbonyl (C=O) groups excluding carboxylic acids is 1. The van der Waals surface area contributed by atoms with E-state index in [9.17, 15) is 14.9 Å². The molecule has 0 spiro atoms. The minimum atomic E-state index is -0.460. The number of nitrogens with two attached hydrogens (primary N) is 1. The zero-order chi connectivity index (χ0) is 29.1. The standard InChI is InChI=1S/C26H28N10O6/c27-25-24(31-42-32-25)26-29-18-3-1-2-4-19(18)35(26)16-23(37)30-28-15-17-13-22(36(38)39)21(34-7-11-41-12-8-34)14-20(17)33-5-9-40-10-6-33/h1-4,13-15H,5-12,16H2,(H2,27,32)(H,30,37)/b28-15+. The van der Waals surface area contributed by atoms with Gasteiger partial charge in [-0.3, -0.25) is 14.9 Å². The second-order valence-corrected chi connectivity index (χ2v) is 9.66. The molecule has 2 aliphatic heterocycles. The van der Waals surface area contributed by atoms with Gasteiger partial charge in [0, 0.05) is 43.5 Å². The Hall–Kier alpha value is -5.09. The van der Waals surface area contributed by atoms with Crippen LogP contribution in [0, 0.1) is 10.1 Å². The number of nitro benzene ring substituents is 1. The predicted molar refractivity (Wildman–Crippen MR) is 152 cm³/mol. The van der Waals surface area contributed by atoms with Gasteiger partial charge in [0.2, 0.25) is 0 Å². The van der Waals surface area contributed by atoms with Gasteiger partial charge in [0.25, 0.3) is 11.6 Å². The third kappa shape index (κ3) is 5.44. The number of nitro groups is 1. The number of morpholine rings is 2. The minimum absolute atomic E-state index is 0.0442. The Morgan fingerprint density at radius 3 is 2.40 bits per heavy atom. The summed E-state index contributed by atoms with van der Waals surface area (Å²) in [5.74, 6) is -0.0983. The molecule has 6 rings (SSSR count). The van der Waals surface area contributed by atoms with Crippen LogP contribution in [0.3, 0.4) is 0 Å². The number of para-hydroxylation sites is 2. The van der Waals surface area contributed by atoms with Crippen molar-refractivity contribution in [3.63, 3.8) is 0 Å². The molecule has 218 valence electrons. The van der Waals surface area contributed by atoms with Gasteiger partial charge in [0.05, 0.1) is 48.6 Å². The van der Waals surface area contributed by atoms with Crippen LogP contribution in [0.15, 0.2) is 46.1 Å². The maximum Gasteiger partial charge on any atom is 0.293 e. The largest absolute Gasteiger partial charge is 0.379 e. The first-order valence-corrected chi connectivity index (χ1v) is 13.3. The molecular formula is C26H28N10O6. The minimum Gasteiger partial charge on any atom is -0.379 e. The van der Waals surface area contributed by atoms with E-state index in [-0.39, 0.29) is 23.7 Å². The number of nitrogens with zero attached hydrogens (tertiary/aromatic N) is 8. The Morgan fingerprint density at radius 2 is 1.74 bits per heavy atom. The molecule has 16 heteroatoms. The van der Waals surface area contributed by atoms with Crippen LogP contribution in [0.4, 0.5) is 22.9 Å². The molecule has 42 heavy (non-hydrogen) atoms. The molecular weight excluding hydrogens is 548 g/mol. The second kappa shape index (κ2) is 11.8. The van der Waals surface area contributed by atoms with Crippen molar-refractivity contribution in [2.24, 2.45) is 5.10 Å². The maximum atomic E-state index is 13.1. The summed E-state index contributed by atoms with van der Waals surface area (Å²) in [5.41, 5.74) is 11.7. The topological polar surface area (TPSA) is 192 Å². The van der Waals surface area contributed by atoms with Crippen molar-refractivity contribution in [1.82, 2.24) is 25.3 Å². The summed E-state index contributed by atoms with van der Waals surface area (Å²) in [6.45, 7) is 4.22. The fraction of sp³-hybridized carbons (Fsp3) is 0.346. The summed E-state index contributed by atoms with van der Waals surface area (Å²) >= 11 is 0. The van der Waals surface area contributed by atoms with Crippen molar-refractivity contribution < 1.29 is 23.8 Å². The lowest BCUT2D eigenvalue weighted by Crippen LogP contribution is -2.38. The summed E-state index contributed by atoms with van der Waals surface area (Å²) in [6.07, 6.45) is 1.42. The zero-order valence-corrected chi connectivity index (χ0v) is 22.5. The lowest BCUT2D eigenvalue weighted by molar-refractivity contribution is -0.384. The van der Waals surface area contributed by atoms with E-state index in [0.29, 0.717) is 80.7 Å². The van der Waals surface area contributed by atoms with Gasteiger partial charge in [-0.25, -0.2) is 15.0 Å². The average molecular weight is 577 g/mol. The Balaban J connectivity index is 1.28. The Kier molecular flexibility index (Phi) is 7.61. The predicted octanol–water partition coefficient (Wildman–Crippen LogP) is 1.40. The third-order valence-electron chi connectivity index (χ3n) is 7.10. The fourth-order valence-electron chi connectivity index (χ4n) is 5.09. The number of nitrogen functional groups attached to an aromatic ring is 1. The molecule has 0 bridgehead atoms. The highest BCUT2D eigenvalue weighted by Gasteiger charge is 2.26. The Bertz CT molecular complexity index is 1640. The van der Waals surface area contributed by atoms with Crippen molar-refractivity contribution in [2.75, 3.05) is 68.1 Å². The number of rotatable bonds is 8. The molecule has 0 radical (unpaired) electrons. The van der Waals surface area contributed by atoms with Gasteiger partial charge in [-0.2, -0.15) is 5.10 Å². The van der Waals surface area contributed by atoms with Crippen LogP contribution in [-0.2, 0) is 20.8 Å². The lowest BCUT2D eigenvalue weighted by atomic mass is 10.1. The molecule has 0 unspecified atom stereocenters. The van der Waals surface area contributed by atoms with Gasteiger partial charge in [-0.05, 0) is 28.5 Å². The summed E-state index contributed by atoms with van der Waals surface area (Å²) in [6, 6.07) is 10.6. The quantitative estimate of drug-likeness (QED) is 0.174. The highest BCUT2D eigenvalue weighted by molar-refractivity contribution is 5.93. The number of imidazole rings is 1. The highest BCUT2D eigenvalue weighted by Crippen LogP contribution is 2.36. The van der Waals surface area contributed by atoms with Crippen molar-refractivity contribution in [3.8, 4) is 11.5 Å². The number of hydrogen-bond acceptors (Lipinski definition) is 13. The summed E-state index contributed by atoms with van der Waals surface area (Å²) < 4.78 is 17.3. The van der Waals surface area contributed by atoms with E-state index in [1.165, 1.54) is 12.3 Å². The normalized spacial score (nSPS) is 15.9. The number of fused-ring (bicyclic) bond motifs is 1. The Morgan fingerprint density at radius 1 is 1.05 bits per heavy atom. The monoisotopic (exact) mass is 576 g/mol. The number of hydrogen-bond donors (Lipinski definition) is 2. The van der Waals surface area contributed by atoms with E-state index in [1.54, 1.807) is 10.6 Å². The Labute approximate surface area is 238 Å². The molecule has 0 atom stereocenters. The number of carbonyl (C=O) groups is 1. The van der Waals surface area contributed by atoms with Crippen molar-refractivity contribution in [2.45, 2.75) is 6.54 Å². The highest BCUT2D eigenvalue weighted by atomic mass is 16.6. The average Bonchev–Trinajstić information content (AvgIpc) is 3.60. The zero-order valence-electron chi connectivity index (χ0n) is 22.5. The summed E-state index contributed by atoms with van der Waals surface area (Å²) in [5, 5.41) is 23.7. The SMILES string of the molecule is Nc1nonc1-c1nc2ccccc2n1CC(=O)N/N=C/c1cc([N+](=O)[O-])c(N2CCOCC2)cc1N1CCOCC1. The van der Waals surface area contributed by atoms with Crippen LogP contribution in [0.1, 0.15) is 5.56 Å². The number of benzene rings is 2. The summed E-state index contributed by atoms with van der Waals surface area (Å²) in [7, 11) is 0. The number of aromatic nitrogens is 4. The first kappa shape index (κ1) is 27.1. The van der Waals surface area contributed by atoms with Gasteiger partial charge >= 0.3 is 0 Å². The number of amides is 1. The molecule has 2 aromatic heterocycles. The van der Waals surface area contributed by atoms with Gasteiger partial charge in [-0.15, -0.1) is 0 Å². The first-order valence-electron chi connectivity index (χ1n) is 13.3. The van der Waals surface area contributed by atoms with E-state index in [2.05, 4.69) is 30.7 Å². The molecule has 3 N–H and O–H groups in total. The second-order valence-electron chi connectivity index (χ2n) is 9.66. The van der Waals surface area contributed by atoms with E-state index >= 15 is 0 Å². The van der Waals surface area contributed by atoms with E-state index in [4.69, 9.17) is 19.8 Å². The van der Waals surface area contributed by atoms with E-state index in [0.717, 1.165) is 5.69 Å². The van der Waals surface area contributed by atoms with Gasteiger partial charge in [0.15, 0.2) is 17.3 Å². The molecule has 0 aliphatic carbocycles. The van der Waals surface area contributed by atoms with Gasteiger partial charge < -0.3 is 29.6 Å². The number of ether oxygens (including phenoxy) is 2. The molecule has 2 saturated heterocycles. The molecule has 1 amide bonds. The number of nitrogens with one attached hydrogen (secondary N) is 1. The molecule has 2 aromatic carbocycles. The van der Waals surface area contributed by atoms with Crippen LogP contribution in [0.25, 0.3) is 22.6 Å². The smallest absolute Gasteiger partial charge is 0.293 e. The van der Waals surface area contributed by atoms with Crippen molar-refractivity contribution >= 4 is 46.0 Å². The van der Waals surface area contributed by atoms with Crippen molar-refractivity contribution in [3.05, 3.63) is 52.1 Å². The molecule has 0 saturated carbocycles. The van der Waals surface area contributed by atoms with Crippen LogP contribution in [-0.4, -0.2) is 89.5 Å². The van der Waals surface area contributed by atoms with Crippen LogP contribution < -0.4 is 21.0 Å². The molecule has 16 nitrogen and oxygen atoms in total. The van der Waals surface area contributed by atoms with Crippen LogP contribution >= 0.6 is 0 Å².